The first-order valence-electron chi connectivity index (χ1n) is 11.9. The molecular formula is C23H40IN5O2S. The van der Waals surface area contributed by atoms with Gasteiger partial charge < -0.3 is 20.3 Å². The third-order valence-corrected chi connectivity index (χ3v) is 7.01. The largest absolute Gasteiger partial charge is 0.379 e. The number of morpholine rings is 1. The zero-order chi connectivity index (χ0) is 21.9. The van der Waals surface area contributed by atoms with Gasteiger partial charge in [0.1, 0.15) is 0 Å². The normalized spacial score (nSPS) is 19.2. The van der Waals surface area contributed by atoms with Crippen molar-refractivity contribution >= 4 is 47.2 Å². The maximum Gasteiger partial charge on any atom is 0.222 e. The number of halogens is 1. The van der Waals surface area contributed by atoms with Crippen LogP contribution in [0.15, 0.2) is 17.1 Å². The summed E-state index contributed by atoms with van der Waals surface area (Å²) >= 11 is 1.86. The lowest BCUT2D eigenvalue weighted by Crippen LogP contribution is -2.42. The Kier molecular flexibility index (Phi) is 12.9. The number of guanidine groups is 1. The van der Waals surface area contributed by atoms with Gasteiger partial charge in [0.15, 0.2) is 5.96 Å². The van der Waals surface area contributed by atoms with Crippen molar-refractivity contribution in [1.29, 1.82) is 0 Å². The number of carbonyl (C=O) groups is 1. The lowest BCUT2D eigenvalue weighted by molar-refractivity contribution is -0.130. The van der Waals surface area contributed by atoms with Crippen molar-refractivity contribution in [3.63, 3.8) is 0 Å². The van der Waals surface area contributed by atoms with Crippen LogP contribution in [0.2, 0.25) is 0 Å². The summed E-state index contributed by atoms with van der Waals surface area (Å²) in [5, 5.41) is 6.84. The quantitative estimate of drug-likeness (QED) is 0.204. The number of hydrogen-bond acceptors (Lipinski definition) is 5. The Morgan fingerprint density at radius 1 is 1.19 bits per heavy atom. The molecule has 2 aliphatic rings. The summed E-state index contributed by atoms with van der Waals surface area (Å²) in [6, 6.07) is 4.73. The monoisotopic (exact) mass is 577 g/mol. The van der Waals surface area contributed by atoms with Crippen molar-refractivity contribution in [2.24, 2.45) is 4.99 Å². The molecule has 32 heavy (non-hydrogen) atoms. The third-order valence-electron chi connectivity index (χ3n) is 5.91. The van der Waals surface area contributed by atoms with Crippen LogP contribution in [0.3, 0.4) is 0 Å². The molecule has 0 saturated carbocycles. The first-order chi connectivity index (χ1) is 15.2. The highest BCUT2D eigenvalue weighted by atomic mass is 127. The van der Waals surface area contributed by atoms with Gasteiger partial charge in [-0.05, 0) is 45.2 Å². The Morgan fingerprint density at radius 2 is 2.00 bits per heavy atom. The number of hydrogen-bond donors (Lipinski definition) is 2. The molecule has 1 unspecified atom stereocenters. The lowest BCUT2D eigenvalue weighted by atomic mass is 10.2. The standard InChI is InChI=1S/C23H39N5O2S.HI/c1-3-24-23(25-11-7-13-28-12-6-4-5-8-22(28)29)26-18-20(21-10-9-19(2)31-21)27-14-16-30-17-15-27;/h9-10,20H,3-8,11-18H2,1-2H3,(H2,24,25,26);1H. The molecule has 3 heterocycles. The van der Waals surface area contributed by atoms with E-state index in [4.69, 9.17) is 9.73 Å². The fraction of sp³-hybridized carbons (Fsp3) is 0.739. The van der Waals surface area contributed by atoms with Gasteiger partial charge in [-0.25, -0.2) is 0 Å². The molecule has 0 spiro atoms. The molecule has 2 fully saturated rings. The van der Waals surface area contributed by atoms with Gasteiger partial charge in [-0.2, -0.15) is 0 Å². The minimum atomic E-state index is 0. The van der Waals surface area contributed by atoms with E-state index in [0.29, 0.717) is 12.3 Å². The minimum Gasteiger partial charge on any atom is -0.379 e. The summed E-state index contributed by atoms with van der Waals surface area (Å²) in [5.41, 5.74) is 0. The molecule has 2 N–H and O–H groups in total. The van der Waals surface area contributed by atoms with Crippen molar-refractivity contribution in [2.45, 2.75) is 52.0 Å². The highest BCUT2D eigenvalue weighted by molar-refractivity contribution is 14.0. The van der Waals surface area contributed by atoms with Crippen molar-refractivity contribution in [1.82, 2.24) is 20.4 Å². The van der Waals surface area contributed by atoms with Crippen LogP contribution in [0.5, 0.6) is 0 Å². The SMILES string of the molecule is CCNC(=NCC(c1ccc(C)s1)N1CCOCC1)NCCCN1CCCCCC1=O.I. The molecule has 9 heteroatoms. The number of ether oxygens (including phenoxy) is 1. The molecular weight excluding hydrogens is 537 g/mol. The number of thiophene rings is 1. The van der Waals surface area contributed by atoms with E-state index in [1.165, 1.54) is 16.2 Å². The molecule has 1 amide bonds. The molecule has 2 saturated heterocycles. The van der Waals surface area contributed by atoms with E-state index in [9.17, 15) is 4.79 Å². The predicted octanol–water partition coefficient (Wildman–Crippen LogP) is 3.40. The second-order valence-corrected chi connectivity index (χ2v) is 9.62. The van der Waals surface area contributed by atoms with Gasteiger partial charge in [-0.15, -0.1) is 35.3 Å². The van der Waals surface area contributed by atoms with Gasteiger partial charge >= 0.3 is 0 Å². The lowest BCUT2D eigenvalue weighted by Gasteiger charge is -2.33. The number of aryl methyl sites for hydroxylation is 1. The zero-order valence-electron chi connectivity index (χ0n) is 19.6. The Hall–Kier alpha value is -0.910. The van der Waals surface area contributed by atoms with Gasteiger partial charge in [-0.1, -0.05) is 6.42 Å². The number of amides is 1. The summed E-state index contributed by atoms with van der Waals surface area (Å²) < 4.78 is 5.56. The average molecular weight is 578 g/mol. The van der Waals surface area contributed by atoms with Crippen molar-refractivity contribution in [3.05, 3.63) is 21.9 Å². The Balaban J connectivity index is 0.00000363. The third kappa shape index (κ3) is 8.79. The van der Waals surface area contributed by atoms with Crippen molar-refractivity contribution < 1.29 is 9.53 Å². The van der Waals surface area contributed by atoms with Gasteiger partial charge in [0.25, 0.3) is 0 Å². The topological polar surface area (TPSA) is 69.2 Å². The number of nitrogens with zero attached hydrogens (tertiary/aromatic N) is 3. The number of carbonyl (C=O) groups excluding carboxylic acids is 1. The number of likely N-dealkylation sites (tertiary alicyclic amines) is 1. The van der Waals surface area contributed by atoms with E-state index in [-0.39, 0.29) is 30.0 Å². The van der Waals surface area contributed by atoms with E-state index < -0.39 is 0 Å². The summed E-state index contributed by atoms with van der Waals surface area (Å²) in [7, 11) is 0. The van der Waals surface area contributed by atoms with E-state index >= 15 is 0 Å². The minimum absolute atomic E-state index is 0. The summed E-state index contributed by atoms with van der Waals surface area (Å²) in [5.74, 6) is 1.17. The first kappa shape index (κ1) is 27.3. The fourth-order valence-corrected chi connectivity index (χ4v) is 5.18. The van der Waals surface area contributed by atoms with E-state index in [0.717, 1.165) is 84.2 Å². The summed E-state index contributed by atoms with van der Waals surface area (Å²) in [4.78, 5) is 24.3. The number of nitrogens with one attached hydrogen (secondary N) is 2. The van der Waals surface area contributed by atoms with Crippen LogP contribution in [0.25, 0.3) is 0 Å². The van der Waals surface area contributed by atoms with Gasteiger partial charge in [-0.3, -0.25) is 14.7 Å². The molecule has 0 aliphatic carbocycles. The number of aliphatic imine (C=N–C) groups is 1. The molecule has 3 rings (SSSR count). The van der Waals surface area contributed by atoms with Crippen LogP contribution >= 0.6 is 35.3 Å². The first-order valence-corrected chi connectivity index (χ1v) is 12.7. The van der Waals surface area contributed by atoms with Crippen molar-refractivity contribution in [2.75, 3.05) is 59.0 Å². The molecule has 0 aromatic carbocycles. The fourth-order valence-electron chi connectivity index (χ4n) is 4.18. The Labute approximate surface area is 214 Å². The summed E-state index contributed by atoms with van der Waals surface area (Å²) in [6.45, 7) is 11.8. The van der Waals surface area contributed by atoms with Gasteiger partial charge in [0.05, 0.1) is 25.8 Å². The maximum absolute atomic E-state index is 12.2. The Morgan fingerprint density at radius 3 is 2.72 bits per heavy atom. The van der Waals surface area contributed by atoms with Crippen LogP contribution in [0.4, 0.5) is 0 Å². The van der Waals surface area contributed by atoms with E-state index in [2.05, 4.69) is 41.5 Å². The molecule has 1 atom stereocenters. The number of rotatable bonds is 9. The second-order valence-electron chi connectivity index (χ2n) is 8.30. The van der Waals surface area contributed by atoms with Crippen molar-refractivity contribution in [3.8, 4) is 0 Å². The zero-order valence-corrected chi connectivity index (χ0v) is 22.8. The molecule has 7 nitrogen and oxygen atoms in total. The predicted molar refractivity (Wildman–Crippen MR) is 143 cm³/mol. The average Bonchev–Trinajstić information content (AvgIpc) is 3.10. The Bertz CT molecular complexity index is 708. The second kappa shape index (κ2) is 15.1. The molecule has 0 bridgehead atoms. The van der Waals surface area contributed by atoms with E-state index in [1.54, 1.807) is 0 Å². The van der Waals surface area contributed by atoms with Crippen LogP contribution < -0.4 is 10.6 Å². The van der Waals surface area contributed by atoms with Gasteiger partial charge in [0, 0.05) is 55.4 Å². The van der Waals surface area contributed by atoms with E-state index in [1.807, 2.05) is 16.2 Å². The van der Waals surface area contributed by atoms with Gasteiger partial charge in [0.2, 0.25) is 5.91 Å². The van der Waals surface area contributed by atoms with Crippen LogP contribution in [0.1, 0.15) is 54.8 Å². The van der Waals surface area contributed by atoms with Crippen LogP contribution in [0, 0.1) is 6.92 Å². The smallest absolute Gasteiger partial charge is 0.222 e. The van der Waals surface area contributed by atoms with Crippen LogP contribution in [-0.4, -0.2) is 80.7 Å². The molecule has 182 valence electrons. The van der Waals surface area contributed by atoms with Crippen LogP contribution in [-0.2, 0) is 9.53 Å². The highest BCUT2D eigenvalue weighted by Gasteiger charge is 2.24. The highest BCUT2D eigenvalue weighted by Crippen LogP contribution is 2.28. The molecule has 2 aliphatic heterocycles. The molecule has 0 radical (unpaired) electrons. The molecule has 1 aromatic rings. The summed E-state index contributed by atoms with van der Waals surface area (Å²) in [6.07, 6.45) is 4.99. The molecule has 1 aromatic heterocycles. The maximum atomic E-state index is 12.2.